The lowest BCUT2D eigenvalue weighted by atomic mass is 10.1. The Bertz CT molecular complexity index is 1040. The number of carbonyl (C=O) groups is 2. The number of nitrogens with two attached hydrogens (primary N) is 1. The zero-order chi connectivity index (χ0) is 20.3. The lowest BCUT2D eigenvalue weighted by Gasteiger charge is -2.30. The van der Waals surface area contributed by atoms with Crippen molar-refractivity contribution in [1.82, 2.24) is 9.47 Å². The maximum Gasteiger partial charge on any atom is 0.322 e. The summed E-state index contributed by atoms with van der Waals surface area (Å²) < 4.78 is 1.80. The zero-order valence-electron chi connectivity index (χ0n) is 14.9. The number of rotatable bonds is 4. The molecule has 0 radical (unpaired) electrons. The van der Waals surface area contributed by atoms with Gasteiger partial charge in [-0.25, -0.2) is 4.79 Å². The maximum absolute atomic E-state index is 12.6. The first-order valence-electron chi connectivity index (χ1n) is 8.49. The van der Waals surface area contributed by atoms with Gasteiger partial charge in [-0.1, -0.05) is 0 Å². The van der Waals surface area contributed by atoms with Crippen molar-refractivity contribution in [2.24, 2.45) is 5.73 Å². The highest BCUT2D eigenvalue weighted by atomic mass is 16.2. The van der Waals surface area contributed by atoms with Crippen molar-refractivity contribution in [1.29, 1.82) is 15.9 Å². The topological polar surface area (TPSA) is 152 Å². The first kappa shape index (κ1) is 18.7. The second-order valence-corrected chi connectivity index (χ2v) is 6.22. The third-order valence-electron chi connectivity index (χ3n) is 4.62. The number of carbonyl (C=O) groups excluding carboxylic acids is 2. The van der Waals surface area contributed by atoms with Crippen molar-refractivity contribution in [3.05, 3.63) is 52.3 Å². The molecule has 0 unspecified atom stereocenters. The molecule has 1 aliphatic rings. The fourth-order valence-corrected chi connectivity index (χ4v) is 3.34. The van der Waals surface area contributed by atoms with Crippen molar-refractivity contribution in [2.45, 2.75) is 19.5 Å². The van der Waals surface area contributed by atoms with Gasteiger partial charge in [-0.2, -0.15) is 10.5 Å². The Labute approximate surface area is 161 Å². The van der Waals surface area contributed by atoms with Crippen LogP contribution in [-0.4, -0.2) is 34.2 Å². The molecule has 1 aliphatic heterocycles. The summed E-state index contributed by atoms with van der Waals surface area (Å²) in [6, 6.07) is 10.1. The smallest absolute Gasteiger partial charge is 0.322 e. The van der Waals surface area contributed by atoms with Crippen molar-refractivity contribution < 1.29 is 9.59 Å². The van der Waals surface area contributed by atoms with Crippen molar-refractivity contribution in [2.75, 3.05) is 11.9 Å². The third kappa shape index (κ3) is 3.29. The molecule has 1 aromatic carbocycles. The Kier molecular flexibility index (Phi) is 5.10. The van der Waals surface area contributed by atoms with Gasteiger partial charge in [-0.15, -0.1) is 0 Å². The normalized spacial score (nSPS) is 12.4. The van der Waals surface area contributed by atoms with Gasteiger partial charge in [0.25, 0.3) is 5.91 Å². The quantitative estimate of drug-likeness (QED) is 0.694. The summed E-state index contributed by atoms with van der Waals surface area (Å²) in [4.78, 5) is 26.1. The van der Waals surface area contributed by atoms with E-state index in [9.17, 15) is 14.9 Å². The highest BCUT2D eigenvalue weighted by Crippen LogP contribution is 2.27. The molecule has 0 saturated carbocycles. The highest BCUT2D eigenvalue weighted by molar-refractivity contribution is 5.98. The van der Waals surface area contributed by atoms with Crippen LogP contribution in [0.5, 0.6) is 0 Å². The van der Waals surface area contributed by atoms with Gasteiger partial charge in [0.1, 0.15) is 6.07 Å². The van der Waals surface area contributed by atoms with Crippen LogP contribution in [0.3, 0.4) is 0 Å². The Morgan fingerprint density at radius 1 is 1.21 bits per heavy atom. The largest absolute Gasteiger partial charge is 0.366 e. The van der Waals surface area contributed by atoms with E-state index in [4.69, 9.17) is 16.4 Å². The second-order valence-electron chi connectivity index (χ2n) is 6.22. The number of benzene rings is 1. The number of nitrogens with zero attached hydrogens (tertiary/aromatic N) is 4. The minimum absolute atomic E-state index is 0.107. The number of hydrogen-bond acceptors (Lipinski definition) is 5. The molecule has 2 heterocycles. The number of fused-ring (bicyclic) bond motifs is 1. The molecule has 0 aliphatic carbocycles. The molecule has 4 N–H and O–H groups in total. The summed E-state index contributed by atoms with van der Waals surface area (Å²) in [6.45, 7) is 0.881. The van der Waals surface area contributed by atoms with Crippen LogP contribution in [0.15, 0.2) is 24.3 Å². The predicted octanol–water partition coefficient (Wildman–Crippen LogP) is 1.57. The molecule has 9 nitrogen and oxygen atoms in total. The second kappa shape index (κ2) is 7.64. The van der Waals surface area contributed by atoms with Crippen LogP contribution >= 0.6 is 0 Å². The SMILES string of the molecule is N#Cc1ccc(NC(=O)N2CCn3c(CC=N)c(C#N)c(C(N)=O)c3C2)cc1. The molecule has 0 bridgehead atoms. The first-order chi connectivity index (χ1) is 13.5. The molecule has 0 atom stereocenters. The summed E-state index contributed by atoms with van der Waals surface area (Å²) in [6.07, 6.45) is 1.37. The van der Waals surface area contributed by atoms with Gasteiger partial charge in [0.05, 0.1) is 35.0 Å². The Hall–Kier alpha value is -4.11. The lowest BCUT2D eigenvalue weighted by molar-refractivity contribution is 0.0997. The van der Waals surface area contributed by atoms with Gasteiger partial charge in [0.2, 0.25) is 0 Å². The lowest BCUT2D eigenvalue weighted by Crippen LogP contribution is -2.41. The molecular formula is C19H17N7O2. The van der Waals surface area contributed by atoms with Crippen LogP contribution in [0, 0.1) is 28.1 Å². The number of aromatic nitrogens is 1. The molecule has 3 amide bonds. The fourth-order valence-electron chi connectivity index (χ4n) is 3.34. The van der Waals surface area contributed by atoms with Gasteiger partial charge in [0, 0.05) is 37.1 Å². The van der Waals surface area contributed by atoms with E-state index in [0.29, 0.717) is 35.7 Å². The van der Waals surface area contributed by atoms with Crippen molar-refractivity contribution >= 4 is 23.8 Å². The van der Waals surface area contributed by atoms with E-state index in [0.717, 1.165) is 6.21 Å². The predicted molar refractivity (Wildman–Crippen MR) is 101 cm³/mol. The van der Waals surface area contributed by atoms with Gasteiger partial charge >= 0.3 is 6.03 Å². The fraction of sp³-hybridized carbons (Fsp3) is 0.211. The Morgan fingerprint density at radius 2 is 1.93 bits per heavy atom. The average molecular weight is 375 g/mol. The van der Waals surface area contributed by atoms with Crippen LogP contribution in [-0.2, 0) is 19.5 Å². The van der Waals surface area contributed by atoms with E-state index < -0.39 is 5.91 Å². The highest BCUT2D eigenvalue weighted by Gasteiger charge is 2.31. The first-order valence-corrected chi connectivity index (χ1v) is 8.49. The molecule has 28 heavy (non-hydrogen) atoms. The number of primary amides is 1. The molecule has 0 fully saturated rings. The molecule has 0 spiro atoms. The number of nitriles is 2. The van der Waals surface area contributed by atoms with Crippen LogP contribution < -0.4 is 11.1 Å². The van der Waals surface area contributed by atoms with Crippen LogP contribution in [0.25, 0.3) is 0 Å². The number of hydrogen-bond donors (Lipinski definition) is 3. The Morgan fingerprint density at radius 3 is 2.50 bits per heavy atom. The summed E-state index contributed by atoms with van der Waals surface area (Å²) >= 11 is 0. The van der Waals surface area contributed by atoms with E-state index >= 15 is 0 Å². The van der Waals surface area contributed by atoms with E-state index in [1.54, 1.807) is 28.8 Å². The summed E-state index contributed by atoms with van der Waals surface area (Å²) in [7, 11) is 0. The number of amides is 3. The summed E-state index contributed by atoms with van der Waals surface area (Å²) in [5.74, 6) is -0.731. The average Bonchev–Trinajstić information content (AvgIpc) is 3.01. The van der Waals surface area contributed by atoms with Crippen LogP contribution in [0.4, 0.5) is 10.5 Å². The molecule has 1 aromatic heterocycles. The minimum Gasteiger partial charge on any atom is -0.366 e. The van der Waals surface area contributed by atoms with Gasteiger partial charge in [-0.3, -0.25) is 4.79 Å². The minimum atomic E-state index is -0.731. The monoisotopic (exact) mass is 375 g/mol. The third-order valence-corrected chi connectivity index (χ3v) is 4.62. The molecule has 3 rings (SSSR count). The molecular weight excluding hydrogens is 358 g/mol. The van der Waals surface area contributed by atoms with Gasteiger partial charge < -0.3 is 25.9 Å². The number of urea groups is 1. The number of anilines is 1. The maximum atomic E-state index is 12.6. The van der Waals surface area contributed by atoms with E-state index in [1.165, 1.54) is 4.90 Å². The molecule has 2 aromatic rings. The Balaban J connectivity index is 1.88. The molecule has 140 valence electrons. The van der Waals surface area contributed by atoms with Crippen molar-refractivity contribution in [3.8, 4) is 12.1 Å². The van der Waals surface area contributed by atoms with E-state index in [-0.39, 0.29) is 30.1 Å². The summed E-state index contributed by atoms with van der Waals surface area (Å²) in [5.41, 5.74) is 7.86. The standard InChI is InChI=1S/C19H17N7O2/c20-6-5-15-14(10-22)17(18(23)27)16-11-25(7-8-26(15)16)19(28)24-13-3-1-12(9-21)2-4-13/h1-4,6,20H,5,7-8,11H2,(H2,23,27)(H,24,28). The van der Waals surface area contributed by atoms with Gasteiger partial charge in [0.15, 0.2) is 0 Å². The zero-order valence-corrected chi connectivity index (χ0v) is 14.9. The van der Waals surface area contributed by atoms with Crippen LogP contribution in [0.2, 0.25) is 0 Å². The van der Waals surface area contributed by atoms with Gasteiger partial charge in [-0.05, 0) is 24.3 Å². The summed E-state index contributed by atoms with van der Waals surface area (Å²) in [5, 5.41) is 28.4. The number of nitrogens with one attached hydrogen (secondary N) is 2. The molecule has 9 heteroatoms. The van der Waals surface area contributed by atoms with Crippen LogP contribution in [0.1, 0.15) is 32.9 Å². The van der Waals surface area contributed by atoms with E-state index in [2.05, 4.69) is 5.32 Å². The van der Waals surface area contributed by atoms with E-state index in [1.807, 2.05) is 12.1 Å². The van der Waals surface area contributed by atoms with Crippen molar-refractivity contribution in [3.63, 3.8) is 0 Å². The molecule has 0 saturated heterocycles.